The quantitative estimate of drug-likeness (QED) is 0.0342. The van der Waals surface area contributed by atoms with Crippen molar-refractivity contribution in [1.29, 1.82) is 0 Å². The molecule has 134 heavy (non-hydrogen) atoms. The fourth-order valence-electron chi connectivity index (χ4n) is 15.1. The van der Waals surface area contributed by atoms with Crippen molar-refractivity contribution >= 4 is 231 Å². The van der Waals surface area contributed by atoms with E-state index in [9.17, 15) is 28.2 Å². The lowest BCUT2D eigenvalue weighted by molar-refractivity contribution is 0.112. The van der Waals surface area contributed by atoms with E-state index in [0.717, 1.165) is 117 Å². The number of nitrogens with one attached hydrogen (secondary N) is 3. The Morgan fingerprint density at radius 1 is 0.433 bits per heavy atom. The maximum Gasteiger partial charge on any atom is 0.260 e. The molecule has 38 heteroatoms. The van der Waals surface area contributed by atoms with E-state index in [-0.39, 0.29) is 27.4 Å². The predicted octanol–water partition coefficient (Wildman–Crippen LogP) is 21.4. The minimum absolute atomic E-state index is 0.102. The number of likely N-dealkylation sites (N-methyl/N-ethyl adjacent to an activating group) is 2. The second-order valence-corrected chi connectivity index (χ2v) is 38.8. The number of carbonyl (C=O) groups is 1. The van der Waals surface area contributed by atoms with Crippen LogP contribution in [0.5, 0.6) is 0 Å². The van der Waals surface area contributed by atoms with Crippen LogP contribution in [-0.2, 0) is 37.0 Å². The summed E-state index contributed by atoms with van der Waals surface area (Å²) in [6.45, 7) is 20.7. The summed E-state index contributed by atoms with van der Waals surface area (Å²) in [6.07, 6.45) is 14.4. The Morgan fingerprint density at radius 3 is 1.16 bits per heavy atom. The number of aromatic nitrogens is 14. The number of piperazine rings is 2. The zero-order valence-corrected chi connectivity index (χ0v) is 85.6. The lowest BCUT2D eigenvalue weighted by Gasteiger charge is -2.34. The van der Waals surface area contributed by atoms with Gasteiger partial charge in [0.15, 0.2) is 16.6 Å². The van der Waals surface area contributed by atoms with Gasteiger partial charge in [-0.05, 0) is 193 Å². The van der Waals surface area contributed by atoms with Crippen molar-refractivity contribution in [3.05, 3.63) is 275 Å². The predicted molar refractivity (Wildman–Crippen MR) is 562 cm³/mol. The lowest BCUT2D eigenvalue weighted by atomic mass is 10.0. The van der Waals surface area contributed by atoms with Crippen LogP contribution < -0.4 is 48.0 Å². The van der Waals surface area contributed by atoms with Crippen molar-refractivity contribution in [1.82, 2.24) is 77.9 Å². The molecule has 0 bridgehead atoms. The van der Waals surface area contributed by atoms with Gasteiger partial charge >= 0.3 is 0 Å². The first kappa shape index (κ1) is 99.3. The summed E-state index contributed by atoms with van der Waals surface area (Å²) in [7, 11) is 3.00. The molecule has 27 nitrogen and oxygen atoms in total. The van der Waals surface area contributed by atoms with E-state index < -0.39 is 10.8 Å². The number of anilines is 7. The Bertz CT molecular complexity index is 7300. The number of hydrogen-bond acceptors (Lipinski definition) is 26. The summed E-state index contributed by atoms with van der Waals surface area (Å²) in [6, 6.07) is 50.1. The van der Waals surface area contributed by atoms with Crippen LogP contribution in [-0.4, -0.2) is 180 Å². The van der Waals surface area contributed by atoms with E-state index in [1.165, 1.54) is 47.4 Å². The Labute approximate surface area is 833 Å². The third-order valence-electron chi connectivity index (χ3n) is 22.1. The smallest absolute Gasteiger partial charge is 0.260 e. The number of carbonyl (C=O) groups excluding carboxylic acids is 1. The number of pyridine rings is 4. The highest BCUT2D eigenvalue weighted by Gasteiger charge is 2.24. The van der Waals surface area contributed by atoms with Crippen molar-refractivity contribution in [3.63, 3.8) is 0 Å². The fraction of sp³-hybridized carbons (Fsp3) is 0.240. The van der Waals surface area contributed by atoms with Gasteiger partial charge < -0.3 is 35.6 Å². The monoisotopic (exact) mass is 2140 g/mol. The first-order chi connectivity index (χ1) is 64.7. The summed E-state index contributed by atoms with van der Waals surface area (Å²) in [4.78, 5) is 118. The van der Waals surface area contributed by atoms with Crippen LogP contribution in [0.3, 0.4) is 0 Å². The summed E-state index contributed by atoms with van der Waals surface area (Å²) in [5, 5.41) is 18.3. The van der Waals surface area contributed by atoms with Gasteiger partial charge in [0.1, 0.15) is 28.4 Å². The van der Waals surface area contributed by atoms with Crippen molar-refractivity contribution in [3.8, 4) is 54.9 Å². The minimum atomic E-state index is -1.31. The SMILES string of the molecule is CCNc1nc(SC)ncc1C=O.CCn1c(=O)c(-c2ccc(-c3cccs3)cc2Cl)cc2cnc(Nc3ccc(N4CCN(C)CC4)cc3)nc21.CCn1c(=O)c(-c2ccc(Br)cc2Cl)cc2cnc(Nc3ccc(N4CCN(C)CC4)cc3)nc21.CCn1c(=O)c(-c2ccc(Br)cc2Cl)cc2cnc(S(C)=O)nc21.CCn1c(=O)c(-c2ccc(Br)cc2Cl)cc2cnc(SC)nc21. The average Bonchev–Trinajstić information content (AvgIpc) is 0.806. The standard InChI is InChI=1S/C30H29ClN6OS.C26H26BrClN6O.C16H13BrClN3O2S.C16H13BrClN3OS.C8H11N3OS/c1-3-37-28-21(17-25(29(37)38)24-11-6-20(18-26(24)31)27-5-4-16-39-27)19-32-30(34-28)33-22-7-9-23(10-8-22)36-14-12-35(2)13-15-36;1-3-34-24-17(14-22(25(34)35)21-9-4-18(27)15-23(21)28)16-29-26(31-24)30-19-5-7-20(8-6-19)33-12-10-32(2)11-13-33;1-3-21-14-9(8-19-16(20-14)24(2)23)6-12(15(21)22)11-5-4-10(17)7-13(11)18;1-3-21-14-9(8-19-16(20-14)23-2)6-12(15(21)22)11-5-4-10(17)7-13(11)18;1-3-9-7-6(5-12)4-10-8(11-7)13-2/h4-11,16-19H,3,12-15H2,1-2H3,(H,32,33,34);4-9,14-16H,3,10-13H2,1-2H3,(H,29,30,31);4-8H,3H2,1-2H3;4-8H,3H2,1-2H3;4-5H,3H2,1-2H3,(H,9,10,11). The Balaban J connectivity index is 0.000000140. The van der Waals surface area contributed by atoms with Crippen molar-refractivity contribution < 1.29 is 9.00 Å². The second kappa shape index (κ2) is 45.8. The second-order valence-electron chi connectivity index (χ2n) is 30.7. The largest absolute Gasteiger partial charge is 0.370 e. The van der Waals surface area contributed by atoms with Gasteiger partial charge in [0.2, 0.25) is 17.1 Å². The van der Waals surface area contributed by atoms with Crippen molar-refractivity contribution in [2.75, 3.05) is 118 Å². The van der Waals surface area contributed by atoms with Gasteiger partial charge in [0, 0.05) is 250 Å². The molecule has 1 atom stereocenters. The highest BCUT2D eigenvalue weighted by Crippen LogP contribution is 2.38. The van der Waals surface area contributed by atoms with E-state index in [4.69, 9.17) is 51.4 Å². The van der Waals surface area contributed by atoms with E-state index in [2.05, 4.69) is 173 Å². The normalized spacial score (nSPS) is 13.0. The molecule has 16 aromatic rings. The van der Waals surface area contributed by atoms with Crippen LogP contribution >= 0.6 is 129 Å². The molecule has 0 saturated carbocycles. The van der Waals surface area contributed by atoms with Crippen LogP contribution in [0.1, 0.15) is 45.0 Å². The Hall–Kier alpha value is -10.7. The van der Waals surface area contributed by atoms with E-state index in [1.807, 2.05) is 150 Å². The number of nitrogens with zero attached hydrogens (tertiary/aromatic N) is 18. The molecule has 2 saturated heterocycles. The molecule has 3 N–H and O–H groups in total. The zero-order valence-electron chi connectivity index (χ0n) is 74.5. The Kier molecular flexibility index (Phi) is 33.9. The molecular weight excluding hydrogens is 2050 g/mol. The molecule has 2 fully saturated rings. The van der Waals surface area contributed by atoms with Crippen LogP contribution in [0.4, 0.5) is 40.5 Å². The highest BCUT2D eigenvalue weighted by atomic mass is 79.9. The fourth-order valence-corrected chi connectivity index (χ4v) is 19.6. The molecule has 0 radical (unpaired) electrons. The average molecular weight is 2150 g/mol. The molecule has 6 aromatic carbocycles. The molecule has 0 spiro atoms. The molecule has 12 heterocycles. The van der Waals surface area contributed by atoms with Gasteiger partial charge in [0.25, 0.3) is 22.2 Å². The summed E-state index contributed by atoms with van der Waals surface area (Å²) in [5.74, 6) is 1.50. The highest BCUT2D eigenvalue weighted by molar-refractivity contribution is 9.11. The van der Waals surface area contributed by atoms with Crippen LogP contribution in [0.2, 0.25) is 20.1 Å². The van der Waals surface area contributed by atoms with Crippen LogP contribution in [0.15, 0.2) is 242 Å². The number of benzene rings is 6. The number of thioether (sulfide) groups is 2. The van der Waals surface area contributed by atoms with Gasteiger partial charge in [-0.15, -0.1) is 11.3 Å². The maximum absolute atomic E-state index is 13.6. The molecule has 1 unspecified atom stereocenters. The molecule has 2 aliphatic heterocycles. The van der Waals surface area contributed by atoms with E-state index in [1.54, 1.807) is 84.7 Å². The summed E-state index contributed by atoms with van der Waals surface area (Å²) >= 11 is 40.5. The molecule has 690 valence electrons. The van der Waals surface area contributed by atoms with E-state index in [0.29, 0.717) is 152 Å². The van der Waals surface area contributed by atoms with Gasteiger partial charge in [-0.1, -0.05) is 154 Å². The minimum Gasteiger partial charge on any atom is -0.370 e. The number of rotatable bonds is 21. The first-order valence-corrected chi connectivity index (χ1v) is 51.4. The van der Waals surface area contributed by atoms with Gasteiger partial charge in [0.05, 0.1) is 16.4 Å². The number of aldehydes is 1. The van der Waals surface area contributed by atoms with Gasteiger partial charge in [-0.2, -0.15) is 9.97 Å². The molecular formula is C96H92Br3Cl4N21O6S4. The topological polar surface area (TPSA) is 300 Å². The van der Waals surface area contributed by atoms with Crippen LogP contribution in [0, 0.1) is 0 Å². The van der Waals surface area contributed by atoms with E-state index >= 15 is 0 Å². The lowest BCUT2D eigenvalue weighted by Crippen LogP contribution is -2.44. The third-order valence-corrected chi connectivity index (χ3v) is 27.6. The number of thiophene rings is 1. The number of fused-ring (bicyclic) bond motifs is 4. The van der Waals surface area contributed by atoms with Gasteiger partial charge in [-0.3, -0.25) is 46.4 Å². The van der Waals surface area contributed by atoms with Gasteiger partial charge in [-0.25, -0.2) is 39.9 Å². The zero-order chi connectivity index (χ0) is 95.1. The molecule has 0 amide bonds. The summed E-state index contributed by atoms with van der Waals surface area (Å²) in [5.41, 5.74) is 12.3. The molecule has 2 aliphatic rings. The number of hydrogen-bond donors (Lipinski definition) is 3. The number of halogens is 7. The molecule has 18 rings (SSSR count). The Morgan fingerprint density at radius 2 is 0.799 bits per heavy atom. The third kappa shape index (κ3) is 23.3. The van der Waals surface area contributed by atoms with Crippen LogP contribution in [0.25, 0.3) is 99.1 Å². The maximum atomic E-state index is 13.6. The first-order valence-electron chi connectivity index (χ1n) is 42.6. The van der Waals surface area contributed by atoms with Crippen molar-refractivity contribution in [2.45, 2.75) is 76.3 Å². The summed E-state index contributed by atoms with van der Waals surface area (Å²) < 4.78 is 20.7. The molecule has 0 aliphatic carbocycles. The molecule has 10 aromatic heterocycles. The van der Waals surface area contributed by atoms with Crippen molar-refractivity contribution in [2.24, 2.45) is 0 Å². The number of aryl methyl sites for hydroxylation is 4.